The molecule has 0 heterocycles. The number of aliphatic hydroxyl groups is 1. The Labute approximate surface area is 107 Å². The van der Waals surface area contributed by atoms with Gasteiger partial charge in [-0.2, -0.15) is 13.2 Å². The predicted molar refractivity (Wildman–Crippen MR) is 63.1 cm³/mol. The minimum absolute atomic E-state index is 0.147. The standard InChI is InChI=1S/C11H13F3N2O3/c1-7(17)8-3-4-9(10(5-8)16(18)19)15(2)6-11(12,13)14/h3-5,7,17H,6H2,1-2H3/t7-/m1/s1. The van der Waals surface area contributed by atoms with E-state index in [-0.39, 0.29) is 11.3 Å². The maximum absolute atomic E-state index is 12.3. The molecule has 0 amide bonds. The van der Waals surface area contributed by atoms with Gasteiger partial charge in [0.2, 0.25) is 0 Å². The first-order chi connectivity index (χ1) is 8.61. The zero-order valence-electron chi connectivity index (χ0n) is 10.3. The number of hydrogen-bond donors (Lipinski definition) is 1. The Kier molecular flexibility index (Phi) is 4.35. The molecule has 106 valence electrons. The maximum Gasteiger partial charge on any atom is 0.405 e. The maximum atomic E-state index is 12.3. The van der Waals surface area contributed by atoms with Gasteiger partial charge in [0.1, 0.15) is 12.2 Å². The van der Waals surface area contributed by atoms with Gasteiger partial charge in [-0.05, 0) is 18.6 Å². The molecule has 1 aromatic carbocycles. The van der Waals surface area contributed by atoms with Crippen molar-refractivity contribution in [2.75, 3.05) is 18.5 Å². The summed E-state index contributed by atoms with van der Waals surface area (Å²) in [6, 6.07) is 3.64. The molecule has 0 radical (unpaired) electrons. The van der Waals surface area contributed by atoms with E-state index in [2.05, 4.69) is 0 Å². The zero-order valence-corrected chi connectivity index (χ0v) is 10.3. The van der Waals surface area contributed by atoms with Crippen LogP contribution in [-0.4, -0.2) is 29.8 Å². The summed E-state index contributed by atoms with van der Waals surface area (Å²) < 4.78 is 36.8. The Morgan fingerprint density at radius 1 is 1.47 bits per heavy atom. The van der Waals surface area contributed by atoms with Crippen molar-refractivity contribution in [2.24, 2.45) is 0 Å². The molecule has 0 aliphatic rings. The van der Waals surface area contributed by atoms with Gasteiger partial charge < -0.3 is 10.0 Å². The molecule has 0 aromatic heterocycles. The molecule has 1 atom stereocenters. The molecule has 0 saturated carbocycles. The average molecular weight is 278 g/mol. The molecule has 0 unspecified atom stereocenters. The van der Waals surface area contributed by atoms with Crippen LogP contribution in [0.5, 0.6) is 0 Å². The van der Waals surface area contributed by atoms with Gasteiger partial charge in [-0.3, -0.25) is 10.1 Å². The Hall–Kier alpha value is -1.83. The SMILES string of the molecule is C[C@@H](O)c1ccc(N(C)CC(F)(F)F)c([N+](=O)[O-])c1. The summed E-state index contributed by atoms with van der Waals surface area (Å²) in [7, 11) is 1.12. The van der Waals surface area contributed by atoms with Crippen molar-refractivity contribution in [1.29, 1.82) is 0 Å². The fourth-order valence-electron chi connectivity index (χ4n) is 1.62. The lowest BCUT2D eigenvalue weighted by atomic mass is 10.1. The van der Waals surface area contributed by atoms with E-state index < -0.39 is 29.4 Å². The molecule has 0 bridgehead atoms. The van der Waals surface area contributed by atoms with Gasteiger partial charge in [0.15, 0.2) is 0 Å². The van der Waals surface area contributed by atoms with Crippen molar-refractivity contribution in [3.8, 4) is 0 Å². The van der Waals surface area contributed by atoms with Crippen LogP contribution in [0, 0.1) is 10.1 Å². The number of nitrogens with zero attached hydrogens (tertiary/aromatic N) is 2. The molecule has 1 N–H and O–H groups in total. The minimum atomic E-state index is -4.45. The predicted octanol–water partition coefficient (Wildman–Crippen LogP) is 2.65. The van der Waals surface area contributed by atoms with Crippen molar-refractivity contribution in [1.82, 2.24) is 0 Å². The fourth-order valence-corrected chi connectivity index (χ4v) is 1.62. The molecule has 5 nitrogen and oxygen atoms in total. The van der Waals surface area contributed by atoms with Crippen molar-refractivity contribution in [3.05, 3.63) is 33.9 Å². The smallest absolute Gasteiger partial charge is 0.389 e. The largest absolute Gasteiger partial charge is 0.405 e. The number of benzene rings is 1. The molecule has 0 fully saturated rings. The van der Waals surface area contributed by atoms with E-state index in [1.54, 1.807) is 0 Å². The van der Waals surface area contributed by atoms with E-state index in [1.807, 2.05) is 0 Å². The molecule has 0 aliphatic carbocycles. The van der Waals surface area contributed by atoms with Crippen LogP contribution in [0.3, 0.4) is 0 Å². The number of alkyl halides is 3. The molecular formula is C11H13F3N2O3. The minimum Gasteiger partial charge on any atom is -0.389 e. The number of rotatable bonds is 4. The van der Waals surface area contributed by atoms with Crippen LogP contribution in [0.15, 0.2) is 18.2 Å². The molecule has 1 aromatic rings. The van der Waals surface area contributed by atoms with E-state index >= 15 is 0 Å². The van der Waals surface area contributed by atoms with Crippen LogP contribution in [0.1, 0.15) is 18.6 Å². The van der Waals surface area contributed by atoms with Gasteiger partial charge in [0, 0.05) is 13.1 Å². The lowest BCUT2D eigenvalue weighted by Gasteiger charge is -2.21. The number of hydrogen-bond acceptors (Lipinski definition) is 4. The number of halogens is 3. The summed E-state index contributed by atoms with van der Waals surface area (Å²) in [4.78, 5) is 10.9. The molecule has 0 aliphatic heterocycles. The summed E-state index contributed by atoms with van der Waals surface area (Å²) in [5, 5.41) is 20.2. The normalized spacial score (nSPS) is 13.2. The number of nitro benzene ring substituents is 1. The molecular weight excluding hydrogens is 265 g/mol. The Morgan fingerprint density at radius 3 is 2.47 bits per heavy atom. The lowest BCUT2D eigenvalue weighted by molar-refractivity contribution is -0.384. The molecule has 19 heavy (non-hydrogen) atoms. The third-order valence-electron chi connectivity index (χ3n) is 2.51. The van der Waals surface area contributed by atoms with Crippen LogP contribution in [0.25, 0.3) is 0 Å². The van der Waals surface area contributed by atoms with Crippen molar-refractivity contribution in [2.45, 2.75) is 19.2 Å². The number of aliphatic hydroxyl groups excluding tert-OH is 1. The summed E-state index contributed by atoms with van der Waals surface area (Å²) in [5.41, 5.74) is -0.340. The van der Waals surface area contributed by atoms with Crippen molar-refractivity contribution >= 4 is 11.4 Å². The second kappa shape index (κ2) is 5.43. The highest BCUT2D eigenvalue weighted by Crippen LogP contribution is 2.32. The summed E-state index contributed by atoms with van der Waals surface area (Å²) >= 11 is 0. The molecule has 0 spiro atoms. The molecule has 1 rings (SSSR count). The van der Waals surface area contributed by atoms with Crippen LogP contribution in [0.4, 0.5) is 24.5 Å². The second-order valence-corrected chi connectivity index (χ2v) is 4.15. The van der Waals surface area contributed by atoms with E-state index in [0.29, 0.717) is 0 Å². The van der Waals surface area contributed by atoms with Gasteiger partial charge in [0.25, 0.3) is 5.69 Å². The van der Waals surface area contributed by atoms with E-state index in [4.69, 9.17) is 0 Å². The number of anilines is 1. The van der Waals surface area contributed by atoms with E-state index in [1.165, 1.54) is 19.1 Å². The molecule has 8 heteroatoms. The van der Waals surface area contributed by atoms with Gasteiger partial charge in [0.05, 0.1) is 11.0 Å². The first kappa shape index (κ1) is 15.2. The first-order valence-corrected chi connectivity index (χ1v) is 5.36. The Balaban J connectivity index is 3.17. The Bertz CT molecular complexity index is 475. The third-order valence-corrected chi connectivity index (χ3v) is 2.51. The van der Waals surface area contributed by atoms with E-state index in [9.17, 15) is 28.4 Å². The van der Waals surface area contributed by atoms with Crippen LogP contribution < -0.4 is 4.90 Å². The first-order valence-electron chi connectivity index (χ1n) is 5.36. The Morgan fingerprint density at radius 2 is 2.05 bits per heavy atom. The highest BCUT2D eigenvalue weighted by Gasteiger charge is 2.31. The fraction of sp³-hybridized carbons (Fsp3) is 0.455. The topological polar surface area (TPSA) is 66.6 Å². The van der Waals surface area contributed by atoms with E-state index in [0.717, 1.165) is 18.0 Å². The summed E-state index contributed by atoms with van der Waals surface area (Å²) in [6.07, 6.45) is -5.38. The van der Waals surface area contributed by atoms with Crippen LogP contribution >= 0.6 is 0 Å². The van der Waals surface area contributed by atoms with Crippen LogP contribution in [-0.2, 0) is 0 Å². The van der Waals surface area contributed by atoms with Gasteiger partial charge in [-0.25, -0.2) is 0 Å². The summed E-state index contributed by atoms with van der Waals surface area (Å²) in [5.74, 6) is 0. The van der Waals surface area contributed by atoms with Crippen molar-refractivity contribution < 1.29 is 23.2 Å². The highest BCUT2D eigenvalue weighted by molar-refractivity contribution is 5.64. The van der Waals surface area contributed by atoms with Crippen molar-refractivity contribution in [3.63, 3.8) is 0 Å². The van der Waals surface area contributed by atoms with Gasteiger partial charge in [-0.15, -0.1) is 0 Å². The second-order valence-electron chi connectivity index (χ2n) is 4.15. The van der Waals surface area contributed by atoms with Crippen LogP contribution in [0.2, 0.25) is 0 Å². The quantitative estimate of drug-likeness (QED) is 0.679. The molecule has 0 saturated heterocycles. The average Bonchev–Trinajstić information content (AvgIpc) is 2.25. The lowest BCUT2D eigenvalue weighted by Crippen LogP contribution is -2.31. The third kappa shape index (κ3) is 4.09. The number of nitro groups is 1. The van der Waals surface area contributed by atoms with Gasteiger partial charge in [-0.1, -0.05) is 6.07 Å². The monoisotopic (exact) mass is 278 g/mol. The summed E-state index contributed by atoms with van der Waals surface area (Å²) in [6.45, 7) is 0.125. The highest BCUT2D eigenvalue weighted by atomic mass is 19.4. The zero-order chi connectivity index (χ0) is 14.8. The van der Waals surface area contributed by atoms with Gasteiger partial charge >= 0.3 is 6.18 Å².